The molecule has 0 fully saturated rings. The van der Waals surface area contributed by atoms with Gasteiger partial charge in [0, 0.05) is 27.7 Å². The molecule has 0 bridgehead atoms. The quantitative estimate of drug-likeness (QED) is 0.832. The molecule has 0 aromatic heterocycles. The molecule has 5 heteroatoms. The van der Waals surface area contributed by atoms with E-state index in [1.165, 1.54) is 0 Å². The van der Waals surface area contributed by atoms with E-state index in [0.717, 1.165) is 4.47 Å². The summed E-state index contributed by atoms with van der Waals surface area (Å²) in [7, 11) is 0. The Morgan fingerprint density at radius 1 is 1.33 bits per heavy atom. The van der Waals surface area contributed by atoms with Crippen LogP contribution in [0.15, 0.2) is 34.3 Å². The molecule has 0 saturated carbocycles. The van der Waals surface area contributed by atoms with Crippen molar-refractivity contribution in [1.82, 2.24) is 0 Å². The van der Waals surface area contributed by atoms with Gasteiger partial charge in [0.25, 0.3) is 5.91 Å². The molecular formula is C13H10BrNO3. The summed E-state index contributed by atoms with van der Waals surface area (Å²) in [6.45, 7) is 0. The molecule has 1 aromatic rings. The number of ketones is 1. The van der Waals surface area contributed by atoms with E-state index in [9.17, 15) is 14.7 Å². The van der Waals surface area contributed by atoms with Crippen LogP contribution in [0.4, 0.5) is 5.69 Å². The van der Waals surface area contributed by atoms with Gasteiger partial charge in [-0.1, -0.05) is 22.0 Å². The lowest BCUT2D eigenvalue weighted by molar-refractivity contribution is -0.133. The number of carbonyl (C=O) groups excluding carboxylic acids is 2. The molecule has 1 aromatic carbocycles. The van der Waals surface area contributed by atoms with Crippen LogP contribution in [-0.2, 0) is 15.2 Å². The summed E-state index contributed by atoms with van der Waals surface area (Å²) in [6.07, 6.45) is 2.58. The Balaban J connectivity index is 2.21. The molecule has 92 valence electrons. The lowest BCUT2D eigenvalue weighted by Crippen LogP contribution is -2.38. The molecule has 1 amide bonds. The highest BCUT2D eigenvalue weighted by Gasteiger charge is 2.51. The van der Waals surface area contributed by atoms with Gasteiger partial charge in [0.2, 0.25) is 0 Å². The minimum Gasteiger partial charge on any atom is -0.372 e. The summed E-state index contributed by atoms with van der Waals surface area (Å²) in [6, 6.07) is 5.14. The summed E-state index contributed by atoms with van der Waals surface area (Å²) in [4.78, 5) is 23.8. The van der Waals surface area contributed by atoms with Crippen molar-refractivity contribution in [3.63, 3.8) is 0 Å². The van der Waals surface area contributed by atoms with Gasteiger partial charge in [-0.15, -0.1) is 0 Å². The minimum absolute atomic E-state index is 0.166. The molecule has 0 radical (unpaired) electrons. The maximum atomic E-state index is 12.0. The second-order valence-corrected chi connectivity index (χ2v) is 5.35. The van der Waals surface area contributed by atoms with Crippen molar-refractivity contribution < 1.29 is 14.7 Å². The van der Waals surface area contributed by atoms with Crippen LogP contribution in [0.2, 0.25) is 0 Å². The predicted molar refractivity (Wildman–Crippen MR) is 69.0 cm³/mol. The zero-order valence-corrected chi connectivity index (χ0v) is 11.0. The average Bonchev–Trinajstić information content (AvgIpc) is 2.85. The maximum absolute atomic E-state index is 12.0. The number of carbonyl (C=O) groups is 2. The highest BCUT2D eigenvalue weighted by atomic mass is 79.9. The fourth-order valence-electron chi connectivity index (χ4n) is 2.47. The maximum Gasteiger partial charge on any atom is 0.266 e. The van der Waals surface area contributed by atoms with Gasteiger partial charge < -0.3 is 10.4 Å². The lowest BCUT2D eigenvalue weighted by Gasteiger charge is -2.21. The molecule has 1 heterocycles. The standard InChI is InChI=1S/C13H10BrNO3/c14-7-4-5-10-9(6-7)13(18,12(17)15-10)8-2-1-3-11(8)16/h2,4-6,18H,1,3H2,(H,15,17). The summed E-state index contributed by atoms with van der Waals surface area (Å²) >= 11 is 3.31. The largest absolute Gasteiger partial charge is 0.372 e. The van der Waals surface area contributed by atoms with Crippen LogP contribution in [0, 0.1) is 0 Å². The van der Waals surface area contributed by atoms with Crippen molar-refractivity contribution in [2.24, 2.45) is 0 Å². The zero-order valence-electron chi connectivity index (χ0n) is 9.37. The number of halogens is 1. The number of hydrogen-bond acceptors (Lipinski definition) is 3. The average molecular weight is 308 g/mol. The smallest absolute Gasteiger partial charge is 0.266 e. The van der Waals surface area contributed by atoms with Crippen LogP contribution in [0.1, 0.15) is 18.4 Å². The molecule has 1 aliphatic heterocycles. The van der Waals surface area contributed by atoms with Gasteiger partial charge in [-0.3, -0.25) is 9.59 Å². The number of allylic oxidation sites excluding steroid dienone is 1. The van der Waals surface area contributed by atoms with Gasteiger partial charge in [0.05, 0.1) is 0 Å². The van der Waals surface area contributed by atoms with Gasteiger partial charge in [0.15, 0.2) is 11.4 Å². The summed E-state index contributed by atoms with van der Waals surface area (Å²) in [5.41, 5.74) is -0.668. The Hall–Kier alpha value is -1.46. The van der Waals surface area contributed by atoms with Crippen LogP contribution in [-0.4, -0.2) is 16.8 Å². The molecular weight excluding hydrogens is 298 g/mol. The van der Waals surface area contributed by atoms with E-state index < -0.39 is 11.5 Å². The predicted octanol–water partition coefficient (Wildman–Crippen LogP) is 1.88. The molecule has 0 spiro atoms. The number of Topliss-reactive ketones (excluding diaryl/α,β-unsaturated/α-hetero) is 1. The Kier molecular flexibility index (Phi) is 2.43. The zero-order chi connectivity index (χ0) is 12.9. The molecule has 18 heavy (non-hydrogen) atoms. The van der Waals surface area contributed by atoms with Crippen molar-refractivity contribution in [2.75, 3.05) is 5.32 Å². The van der Waals surface area contributed by atoms with Crippen LogP contribution in [0.5, 0.6) is 0 Å². The topological polar surface area (TPSA) is 66.4 Å². The van der Waals surface area contributed by atoms with E-state index in [1.54, 1.807) is 24.3 Å². The summed E-state index contributed by atoms with van der Waals surface area (Å²) in [5.74, 6) is -0.724. The van der Waals surface area contributed by atoms with E-state index in [-0.39, 0.29) is 11.4 Å². The molecule has 2 N–H and O–H groups in total. The number of fused-ring (bicyclic) bond motifs is 1. The SMILES string of the molecule is O=C1CCC=C1C1(O)C(=O)Nc2ccc(Br)cc21. The molecule has 3 rings (SSSR count). The van der Waals surface area contributed by atoms with Gasteiger partial charge in [0.1, 0.15) is 0 Å². The molecule has 1 aliphatic carbocycles. The lowest BCUT2D eigenvalue weighted by atomic mass is 9.86. The first-order valence-electron chi connectivity index (χ1n) is 5.61. The number of aliphatic hydroxyl groups is 1. The number of nitrogens with one attached hydrogen (secondary N) is 1. The summed E-state index contributed by atoms with van der Waals surface area (Å²) < 4.78 is 0.752. The first kappa shape index (κ1) is 11.6. The number of rotatable bonds is 1. The highest BCUT2D eigenvalue weighted by molar-refractivity contribution is 9.10. The molecule has 2 aliphatic rings. The first-order chi connectivity index (χ1) is 8.53. The minimum atomic E-state index is -1.84. The first-order valence-corrected chi connectivity index (χ1v) is 6.40. The Bertz CT molecular complexity index is 608. The normalized spacial score (nSPS) is 26.0. The van der Waals surface area contributed by atoms with E-state index in [0.29, 0.717) is 24.1 Å². The fourth-order valence-corrected chi connectivity index (χ4v) is 2.83. The Morgan fingerprint density at radius 3 is 2.78 bits per heavy atom. The van der Waals surface area contributed by atoms with Gasteiger partial charge >= 0.3 is 0 Å². The number of anilines is 1. The molecule has 0 saturated heterocycles. The number of hydrogen-bond donors (Lipinski definition) is 2. The fraction of sp³-hybridized carbons (Fsp3) is 0.231. The van der Waals surface area contributed by atoms with E-state index >= 15 is 0 Å². The monoisotopic (exact) mass is 307 g/mol. The van der Waals surface area contributed by atoms with Gasteiger partial charge in [-0.05, 0) is 24.6 Å². The van der Waals surface area contributed by atoms with E-state index in [2.05, 4.69) is 21.2 Å². The Morgan fingerprint density at radius 2 is 2.11 bits per heavy atom. The van der Waals surface area contributed by atoms with Crippen molar-refractivity contribution in [1.29, 1.82) is 0 Å². The molecule has 1 atom stereocenters. The third kappa shape index (κ3) is 1.41. The Labute approximate surface area is 112 Å². The van der Waals surface area contributed by atoms with Crippen LogP contribution < -0.4 is 5.32 Å². The second kappa shape index (κ2) is 3.76. The van der Waals surface area contributed by atoms with Crippen molar-refractivity contribution in [3.05, 3.63) is 39.9 Å². The van der Waals surface area contributed by atoms with Crippen LogP contribution in [0.25, 0.3) is 0 Å². The van der Waals surface area contributed by atoms with Crippen LogP contribution >= 0.6 is 15.9 Å². The van der Waals surface area contributed by atoms with Crippen molar-refractivity contribution in [3.8, 4) is 0 Å². The second-order valence-electron chi connectivity index (χ2n) is 4.43. The molecule has 4 nitrogen and oxygen atoms in total. The van der Waals surface area contributed by atoms with Crippen molar-refractivity contribution in [2.45, 2.75) is 18.4 Å². The third-order valence-corrected chi connectivity index (χ3v) is 3.85. The molecule has 1 unspecified atom stereocenters. The van der Waals surface area contributed by atoms with Gasteiger partial charge in [-0.2, -0.15) is 0 Å². The number of benzene rings is 1. The van der Waals surface area contributed by atoms with Crippen molar-refractivity contribution >= 4 is 33.3 Å². The third-order valence-electron chi connectivity index (χ3n) is 3.36. The highest BCUT2D eigenvalue weighted by Crippen LogP contribution is 2.44. The van der Waals surface area contributed by atoms with E-state index in [1.807, 2.05) is 0 Å². The van der Waals surface area contributed by atoms with Gasteiger partial charge in [-0.25, -0.2) is 0 Å². The summed E-state index contributed by atoms with van der Waals surface area (Å²) in [5, 5.41) is 13.3. The van der Waals surface area contributed by atoms with Crippen LogP contribution in [0.3, 0.4) is 0 Å². The number of amides is 1. The van der Waals surface area contributed by atoms with E-state index in [4.69, 9.17) is 0 Å².